The summed E-state index contributed by atoms with van der Waals surface area (Å²) in [5, 5.41) is 10.8. The van der Waals surface area contributed by atoms with Crippen molar-refractivity contribution in [3.63, 3.8) is 0 Å². The van der Waals surface area contributed by atoms with Gasteiger partial charge in [0.15, 0.2) is 11.6 Å². The van der Waals surface area contributed by atoms with Crippen LogP contribution in [0.2, 0.25) is 0 Å². The highest BCUT2D eigenvalue weighted by molar-refractivity contribution is 6.24. The fourth-order valence-electron chi connectivity index (χ4n) is 5.88. The van der Waals surface area contributed by atoms with Crippen LogP contribution in [0.15, 0.2) is 52.6 Å². The van der Waals surface area contributed by atoms with Gasteiger partial charge in [-0.15, -0.1) is 0 Å². The van der Waals surface area contributed by atoms with Crippen LogP contribution in [0.3, 0.4) is 0 Å². The highest BCUT2D eigenvalue weighted by Gasteiger charge is 2.58. The minimum atomic E-state index is -1.05. The molecular weight excluding hydrogens is 454 g/mol. The highest BCUT2D eigenvalue weighted by atomic mass is 16.5. The van der Waals surface area contributed by atoms with Crippen molar-refractivity contribution < 1.29 is 38.6 Å². The molecule has 5 rings (SSSR count). The van der Waals surface area contributed by atoms with E-state index in [4.69, 9.17) is 4.74 Å². The van der Waals surface area contributed by atoms with E-state index in [1.807, 2.05) is 0 Å². The number of aromatic hydroxyl groups is 1. The molecule has 0 spiro atoms. The quantitative estimate of drug-likeness (QED) is 0.391. The molecule has 1 saturated heterocycles. The first-order chi connectivity index (χ1) is 16.7. The maximum atomic E-state index is 13.3. The third kappa shape index (κ3) is 3.18. The number of imide groups is 3. The number of fused-ring (bicyclic) bond motifs is 3. The van der Waals surface area contributed by atoms with Crippen molar-refractivity contribution in [3.05, 3.63) is 58.2 Å². The molecule has 1 N–H and O–H groups in total. The summed E-state index contributed by atoms with van der Waals surface area (Å²) in [7, 11) is 2.57. The predicted octanol–water partition coefficient (Wildman–Crippen LogP) is 2.60. The molecule has 1 aromatic carbocycles. The third-order valence-corrected chi connectivity index (χ3v) is 7.47. The largest absolute Gasteiger partial charge is 0.508 e. The average molecular weight is 477 g/mol. The summed E-state index contributed by atoms with van der Waals surface area (Å²) in [6.07, 6.45) is 2.29. The van der Waals surface area contributed by atoms with Gasteiger partial charge in [0, 0.05) is 28.2 Å². The fraction of sp³-hybridized carbons (Fsp3) is 0.346. The molecular formula is C26H23NO8. The summed E-state index contributed by atoms with van der Waals surface area (Å²) >= 11 is 0. The van der Waals surface area contributed by atoms with E-state index in [9.17, 15) is 29.1 Å². The lowest BCUT2D eigenvalue weighted by atomic mass is 9.59. The van der Waals surface area contributed by atoms with Gasteiger partial charge in [-0.05, 0) is 50.0 Å². The molecule has 180 valence electrons. The Hall–Kier alpha value is -4.01. The number of likely N-dealkylation sites (tertiary alicyclic amines) is 1. The van der Waals surface area contributed by atoms with Crippen molar-refractivity contribution in [1.29, 1.82) is 0 Å². The van der Waals surface area contributed by atoms with Crippen molar-refractivity contribution in [1.82, 2.24) is 4.90 Å². The van der Waals surface area contributed by atoms with Crippen LogP contribution in [-0.2, 0) is 23.9 Å². The summed E-state index contributed by atoms with van der Waals surface area (Å²) in [6, 6.07) is 4.63. The Balaban J connectivity index is 1.70. The average Bonchev–Trinajstić information content (AvgIpc) is 3.11. The van der Waals surface area contributed by atoms with Gasteiger partial charge in [0.25, 0.3) is 0 Å². The number of phenols is 1. The standard InChI is InChI=1S/C26H23NO8/c1-11-8-19(29)17-10-15-13(5-6-14-21(15)25(32)27(24(14)31)26(33)35-3)20(22(17)23(11)30)16-9-12(34-2)4-7-18(16)28/h4-5,7-9,14-15,20-21,28H,6,10H2,1-3H3/t14-,15+,20+,21-/m0/s1. The number of carbonyl (C=O) groups excluding carboxylic acids is 5. The second kappa shape index (κ2) is 8.04. The molecule has 35 heavy (non-hydrogen) atoms. The lowest BCUT2D eigenvalue weighted by molar-refractivity contribution is -0.137. The molecule has 4 atom stereocenters. The Bertz CT molecular complexity index is 1320. The van der Waals surface area contributed by atoms with Crippen molar-refractivity contribution >= 4 is 29.5 Å². The summed E-state index contributed by atoms with van der Waals surface area (Å²) in [5.41, 5.74) is 1.84. The van der Waals surface area contributed by atoms with Crippen LogP contribution in [0.5, 0.6) is 11.5 Å². The molecule has 0 radical (unpaired) electrons. The molecule has 1 fully saturated rings. The van der Waals surface area contributed by atoms with Crippen LogP contribution >= 0.6 is 0 Å². The Labute approximate surface area is 200 Å². The second-order valence-electron chi connectivity index (χ2n) is 9.14. The number of allylic oxidation sites excluding steroid dienone is 6. The smallest absolute Gasteiger partial charge is 0.423 e. The van der Waals surface area contributed by atoms with Gasteiger partial charge in [-0.3, -0.25) is 19.2 Å². The molecule has 1 aliphatic heterocycles. The van der Waals surface area contributed by atoms with Crippen molar-refractivity contribution in [2.45, 2.75) is 25.7 Å². The minimum Gasteiger partial charge on any atom is -0.508 e. The molecule has 3 amide bonds. The number of ketones is 2. The molecule has 1 aromatic rings. The summed E-state index contributed by atoms with van der Waals surface area (Å²) in [4.78, 5) is 65.4. The maximum Gasteiger partial charge on any atom is 0.423 e. The van der Waals surface area contributed by atoms with Gasteiger partial charge < -0.3 is 14.6 Å². The highest BCUT2D eigenvalue weighted by Crippen LogP contribution is 2.56. The summed E-state index contributed by atoms with van der Waals surface area (Å²) < 4.78 is 9.97. The van der Waals surface area contributed by atoms with Crippen LogP contribution in [0.1, 0.15) is 31.2 Å². The van der Waals surface area contributed by atoms with Crippen LogP contribution < -0.4 is 4.74 Å². The van der Waals surface area contributed by atoms with Gasteiger partial charge in [-0.25, -0.2) is 4.79 Å². The Morgan fingerprint density at radius 2 is 1.83 bits per heavy atom. The number of ether oxygens (including phenoxy) is 2. The molecule has 3 aliphatic carbocycles. The minimum absolute atomic E-state index is 0.0753. The van der Waals surface area contributed by atoms with Crippen LogP contribution in [0.4, 0.5) is 4.79 Å². The number of hydrogen-bond donors (Lipinski definition) is 1. The SMILES string of the molecule is COC(=O)N1C(=O)[C@H]2[C@H](CC=C3[C@H](c4cc(OC)ccc4O)C4=C(C[C@H]32)C(=O)C=C(C)C4=O)C1=O. The van der Waals surface area contributed by atoms with Crippen LogP contribution in [0, 0.1) is 17.8 Å². The monoisotopic (exact) mass is 477 g/mol. The number of amides is 3. The van der Waals surface area contributed by atoms with E-state index in [-0.39, 0.29) is 46.9 Å². The number of nitrogens with zero attached hydrogens (tertiary/aromatic N) is 1. The summed E-state index contributed by atoms with van der Waals surface area (Å²) in [6.45, 7) is 1.57. The fourth-order valence-corrected chi connectivity index (χ4v) is 5.88. The van der Waals surface area contributed by atoms with E-state index in [1.54, 1.807) is 25.1 Å². The maximum absolute atomic E-state index is 13.3. The first-order valence-corrected chi connectivity index (χ1v) is 11.2. The van der Waals surface area contributed by atoms with E-state index in [0.717, 1.165) is 7.11 Å². The molecule has 0 unspecified atom stereocenters. The number of Topliss-reactive ketones (excluding diaryl/α,β-unsaturated/α-hetero) is 1. The number of rotatable bonds is 2. The van der Waals surface area contributed by atoms with Gasteiger partial charge in [-0.2, -0.15) is 4.90 Å². The predicted molar refractivity (Wildman–Crippen MR) is 120 cm³/mol. The zero-order valence-corrected chi connectivity index (χ0v) is 19.4. The van der Waals surface area contributed by atoms with Crippen LogP contribution in [-0.4, -0.2) is 53.7 Å². The van der Waals surface area contributed by atoms with E-state index in [2.05, 4.69) is 4.74 Å². The zero-order valence-electron chi connectivity index (χ0n) is 19.4. The molecule has 4 aliphatic rings. The molecule has 0 bridgehead atoms. The van der Waals surface area contributed by atoms with Crippen LogP contribution in [0.25, 0.3) is 0 Å². The molecule has 9 heteroatoms. The van der Waals surface area contributed by atoms with E-state index in [0.29, 0.717) is 21.8 Å². The summed E-state index contributed by atoms with van der Waals surface area (Å²) in [5.74, 6) is -4.69. The molecule has 9 nitrogen and oxygen atoms in total. The molecule has 0 saturated carbocycles. The van der Waals surface area contributed by atoms with E-state index < -0.39 is 41.6 Å². The lowest BCUT2D eigenvalue weighted by Gasteiger charge is -2.42. The zero-order chi connectivity index (χ0) is 25.2. The first kappa shape index (κ1) is 22.8. The molecule has 1 heterocycles. The van der Waals surface area contributed by atoms with E-state index in [1.165, 1.54) is 19.3 Å². The number of carbonyl (C=O) groups is 5. The molecule has 0 aromatic heterocycles. The van der Waals surface area contributed by atoms with Gasteiger partial charge in [0.2, 0.25) is 11.8 Å². The number of hydrogen-bond acceptors (Lipinski definition) is 8. The topological polar surface area (TPSA) is 127 Å². The van der Waals surface area contributed by atoms with Crippen molar-refractivity contribution in [3.8, 4) is 11.5 Å². The Morgan fingerprint density at radius 1 is 1.09 bits per heavy atom. The number of benzene rings is 1. The van der Waals surface area contributed by atoms with Crippen molar-refractivity contribution in [2.75, 3.05) is 14.2 Å². The van der Waals surface area contributed by atoms with Gasteiger partial charge in [0.05, 0.1) is 26.1 Å². The van der Waals surface area contributed by atoms with E-state index >= 15 is 0 Å². The van der Waals surface area contributed by atoms with Gasteiger partial charge in [0.1, 0.15) is 11.5 Å². The lowest BCUT2D eigenvalue weighted by Crippen LogP contribution is -2.40. The third-order valence-electron chi connectivity index (χ3n) is 7.47. The number of methoxy groups -OCH3 is 2. The van der Waals surface area contributed by atoms with Gasteiger partial charge in [-0.1, -0.05) is 11.6 Å². The number of phenolic OH excluding ortho intramolecular Hbond substituents is 1. The first-order valence-electron chi connectivity index (χ1n) is 11.2. The second-order valence-corrected chi connectivity index (χ2v) is 9.14. The Kier molecular flexibility index (Phi) is 5.23. The van der Waals surface area contributed by atoms with Crippen molar-refractivity contribution in [2.24, 2.45) is 17.8 Å². The Morgan fingerprint density at radius 3 is 2.51 bits per heavy atom. The normalized spacial score (nSPS) is 27.7. The van der Waals surface area contributed by atoms with Gasteiger partial charge >= 0.3 is 6.09 Å².